The molecule has 0 radical (unpaired) electrons. The molecule has 2 fully saturated rings. The molecule has 8 heteroatoms. The zero-order valence-electron chi connectivity index (χ0n) is 19.5. The second-order valence-corrected chi connectivity index (χ2v) is 8.96. The first-order valence-electron chi connectivity index (χ1n) is 11.9. The minimum atomic E-state index is -1.54. The molecule has 2 aliphatic rings. The summed E-state index contributed by atoms with van der Waals surface area (Å²) >= 11 is 0. The van der Waals surface area contributed by atoms with Gasteiger partial charge < -0.3 is 24.4 Å². The molecule has 33 heavy (non-hydrogen) atoms. The summed E-state index contributed by atoms with van der Waals surface area (Å²) in [5.41, 5.74) is -0.651. The second-order valence-electron chi connectivity index (χ2n) is 8.96. The minimum Gasteiger partial charge on any atom is -0.436 e. The number of nitrogens with one attached hydrogen (secondary N) is 1. The van der Waals surface area contributed by atoms with Crippen molar-refractivity contribution in [3.8, 4) is 6.07 Å². The zero-order chi connectivity index (χ0) is 23.5. The van der Waals surface area contributed by atoms with Gasteiger partial charge in [-0.05, 0) is 31.2 Å². The van der Waals surface area contributed by atoms with Gasteiger partial charge in [0, 0.05) is 13.1 Å². The molecule has 0 bridgehead atoms. The lowest BCUT2D eigenvalue weighted by Gasteiger charge is -2.30. The topological polar surface area (TPSA) is 101 Å². The SMILES string of the molecule is CC(C#N)(NC(=O)C(CCC1CCCCC1)OC(=O)N1CCOCC1)OCc1ccccc1. The van der Waals surface area contributed by atoms with Gasteiger partial charge in [-0.2, -0.15) is 5.26 Å². The average Bonchev–Trinajstić information content (AvgIpc) is 2.87. The van der Waals surface area contributed by atoms with Gasteiger partial charge in [0.15, 0.2) is 6.10 Å². The maximum atomic E-state index is 13.2. The van der Waals surface area contributed by atoms with Crippen LogP contribution < -0.4 is 5.32 Å². The van der Waals surface area contributed by atoms with Gasteiger partial charge in [-0.15, -0.1) is 0 Å². The van der Waals surface area contributed by atoms with Crippen LogP contribution in [0.25, 0.3) is 0 Å². The fraction of sp³-hybridized carbons (Fsp3) is 0.640. The van der Waals surface area contributed by atoms with Crippen LogP contribution in [-0.2, 0) is 25.6 Å². The summed E-state index contributed by atoms with van der Waals surface area (Å²) in [7, 11) is 0. The van der Waals surface area contributed by atoms with Crippen molar-refractivity contribution in [2.75, 3.05) is 26.3 Å². The summed E-state index contributed by atoms with van der Waals surface area (Å²) in [5.74, 6) is 0.0253. The third kappa shape index (κ3) is 8.02. The van der Waals surface area contributed by atoms with Crippen molar-refractivity contribution in [1.29, 1.82) is 5.26 Å². The Morgan fingerprint density at radius 1 is 1.21 bits per heavy atom. The number of ether oxygens (including phenoxy) is 3. The van der Waals surface area contributed by atoms with Crippen LogP contribution >= 0.6 is 0 Å². The average molecular weight is 458 g/mol. The van der Waals surface area contributed by atoms with Crippen LogP contribution in [0.4, 0.5) is 4.79 Å². The summed E-state index contributed by atoms with van der Waals surface area (Å²) in [5, 5.41) is 12.4. The van der Waals surface area contributed by atoms with Crippen molar-refractivity contribution in [3.63, 3.8) is 0 Å². The van der Waals surface area contributed by atoms with E-state index >= 15 is 0 Å². The Morgan fingerprint density at radius 2 is 1.91 bits per heavy atom. The highest BCUT2D eigenvalue weighted by atomic mass is 16.6. The van der Waals surface area contributed by atoms with Crippen molar-refractivity contribution < 1.29 is 23.8 Å². The van der Waals surface area contributed by atoms with Gasteiger partial charge in [-0.25, -0.2) is 4.79 Å². The van der Waals surface area contributed by atoms with E-state index < -0.39 is 23.8 Å². The quantitative estimate of drug-likeness (QED) is 0.567. The molecule has 8 nitrogen and oxygen atoms in total. The second kappa shape index (κ2) is 12.6. The summed E-state index contributed by atoms with van der Waals surface area (Å²) < 4.78 is 16.7. The third-order valence-electron chi connectivity index (χ3n) is 6.31. The monoisotopic (exact) mass is 457 g/mol. The van der Waals surface area contributed by atoms with Crippen molar-refractivity contribution in [2.24, 2.45) is 5.92 Å². The van der Waals surface area contributed by atoms with Crippen LogP contribution in [0.3, 0.4) is 0 Å². The standard InChI is InChI=1S/C25H35N3O5/c1-25(19-26,32-18-21-10-6-3-7-11-21)27-23(29)22(13-12-20-8-4-2-5-9-20)33-24(30)28-14-16-31-17-15-28/h3,6-7,10-11,20,22H,2,4-5,8-9,12-18H2,1H3,(H,27,29). The highest BCUT2D eigenvalue weighted by Crippen LogP contribution is 2.28. The Hall–Kier alpha value is -2.63. The van der Waals surface area contributed by atoms with Gasteiger partial charge in [0.05, 0.1) is 19.8 Å². The smallest absolute Gasteiger partial charge is 0.410 e. The van der Waals surface area contributed by atoms with E-state index in [0.717, 1.165) is 24.8 Å². The number of benzene rings is 1. The number of nitriles is 1. The molecular weight excluding hydrogens is 422 g/mol. The molecular formula is C25H35N3O5. The molecule has 1 aliphatic carbocycles. The maximum Gasteiger partial charge on any atom is 0.410 e. The van der Waals surface area contributed by atoms with E-state index in [1.165, 1.54) is 26.2 Å². The molecule has 2 amide bonds. The predicted molar refractivity (Wildman–Crippen MR) is 122 cm³/mol. The number of carbonyl (C=O) groups is 2. The normalized spacial score (nSPS) is 19.7. The maximum absolute atomic E-state index is 13.2. The Morgan fingerprint density at radius 3 is 2.58 bits per heavy atom. The Labute approximate surface area is 196 Å². The molecule has 0 aromatic heterocycles. The van der Waals surface area contributed by atoms with Crippen LogP contribution in [0, 0.1) is 17.2 Å². The van der Waals surface area contributed by atoms with E-state index in [-0.39, 0.29) is 6.61 Å². The molecule has 1 aromatic carbocycles. The van der Waals surface area contributed by atoms with Crippen LogP contribution in [-0.4, -0.2) is 55.0 Å². The van der Waals surface area contributed by atoms with E-state index in [1.807, 2.05) is 36.4 Å². The predicted octanol–water partition coefficient (Wildman–Crippen LogP) is 3.76. The van der Waals surface area contributed by atoms with Gasteiger partial charge in [-0.1, -0.05) is 62.4 Å². The van der Waals surface area contributed by atoms with Gasteiger partial charge in [-0.3, -0.25) is 4.79 Å². The van der Waals surface area contributed by atoms with Crippen LogP contribution in [0.5, 0.6) is 0 Å². The third-order valence-corrected chi connectivity index (χ3v) is 6.31. The first-order chi connectivity index (χ1) is 16.0. The fourth-order valence-electron chi connectivity index (χ4n) is 4.26. The molecule has 0 spiro atoms. The minimum absolute atomic E-state index is 0.172. The molecule has 3 rings (SSSR count). The van der Waals surface area contributed by atoms with Crippen molar-refractivity contribution in [3.05, 3.63) is 35.9 Å². The first kappa shape index (κ1) is 25.0. The van der Waals surface area contributed by atoms with E-state index in [1.54, 1.807) is 4.90 Å². The number of carbonyl (C=O) groups excluding carboxylic acids is 2. The lowest BCUT2D eigenvalue weighted by atomic mass is 9.85. The Bertz CT molecular complexity index is 800. The summed E-state index contributed by atoms with van der Waals surface area (Å²) in [6, 6.07) is 11.5. The van der Waals surface area contributed by atoms with E-state index in [9.17, 15) is 14.9 Å². The van der Waals surface area contributed by atoms with Gasteiger partial charge in [0.1, 0.15) is 6.07 Å². The van der Waals surface area contributed by atoms with Gasteiger partial charge in [0.2, 0.25) is 5.72 Å². The number of morpholine rings is 1. The number of hydrogen-bond donors (Lipinski definition) is 1. The largest absolute Gasteiger partial charge is 0.436 e. The van der Waals surface area contributed by atoms with Crippen molar-refractivity contribution in [1.82, 2.24) is 10.2 Å². The number of nitrogens with zero attached hydrogens (tertiary/aromatic N) is 2. The highest BCUT2D eigenvalue weighted by molar-refractivity contribution is 5.84. The van der Waals surface area contributed by atoms with Gasteiger partial charge >= 0.3 is 6.09 Å². The summed E-state index contributed by atoms with van der Waals surface area (Å²) in [6.07, 6.45) is 5.68. The fourth-order valence-corrected chi connectivity index (χ4v) is 4.26. The molecule has 2 atom stereocenters. The molecule has 180 valence electrons. The van der Waals surface area contributed by atoms with Crippen molar-refractivity contribution >= 4 is 12.0 Å². The molecule has 1 aromatic rings. The Kier molecular flexibility index (Phi) is 9.52. The zero-order valence-corrected chi connectivity index (χ0v) is 19.5. The van der Waals surface area contributed by atoms with E-state index in [0.29, 0.717) is 38.6 Å². The Balaban J connectivity index is 1.62. The van der Waals surface area contributed by atoms with Crippen LogP contribution in [0.2, 0.25) is 0 Å². The van der Waals surface area contributed by atoms with E-state index in [4.69, 9.17) is 14.2 Å². The molecule has 1 N–H and O–H groups in total. The van der Waals surface area contributed by atoms with Crippen LogP contribution in [0.1, 0.15) is 57.4 Å². The molecule has 1 aliphatic heterocycles. The molecule has 1 heterocycles. The van der Waals surface area contributed by atoms with Crippen LogP contribution in [0.15, 0.2) is 30.3 Å². The number of rotatable bonds is 9. The highest BCUT2D eigenvalue weighted by Gasteiger charge is 2.34. The lowest BCUT2D eigenvalue weighted by molar-refractivity contribution is -0.138. The van der Waals surface area contributed by atoms with Crippen molar-refractivity contribution in [2.45, 2.75) is 70.3 Å². The summed E-state index contributed by atoms with van der Waals surface area (Å²) in [6.45, 7) is 3.46. The van der Waals surface area contributed by atoms with Gasteiger partial charge in [0.25, 0.3) is 5.91 Å². The molecule has 1 saturated carbocycles. The van der Waals surface area contributed by atoms with E-state index in [2.05, 4.69) is 5.32 Å². The lowest BCUT2D eigenvalue weighted by Crippen LogP contribution is -2.52. The molecule has 1 saturated heterocycles. The number of hydrogen-bond acceptors (Lipinski definition) is 6. The molecule has 2 unspecified atom stereocenters. The summed E-state index contributed by atoms with van der Waals surface area (Å²) in [4.78, 5) is 27.4. The first-order valence-corrected chi connectivity index (χ1v) is 11.9. The number of amides is 2.